The molecule has 0 aliphatic carbocycles. The lowest BCUT2D eigenvalue weighted by atomic mass is 10.0. The maximum Gasteiger partial charge on any atom is 0.0571 e. The number of methoxy groups -OCH3 is 1. The number of aliphatic hydroxyl groups is 1. The summed E-state index contributed by atoms with van der Waals surface area (Å²) < 4.78 is 5.61. The number of hydrogen-bond acceptors (Lipinski definition) is 2. The van der Waals surface area contributed by atoms with Gasteiger partial charge in [-0.3, -0.25) is 0 Å². The normalized spacial score (nSPS) is 12.7. The van der Waals surface area contributed by atoms with Gasteiger partial charge in [-0.05, 0) is 19.3 Å². The largest absolute Gasteiger partial charge is 0.396 e. The van der Waals surface area contributed by atoms with Gasteiger partial charge in [-0.15, -0.1) is 0 Å². The third-order valence-electron chi connectivity index (χ3n) is 4.40. The number of hydrogen-bond donors (Lipinski definition) is 1. The maximum absolute atomic E-state index is 8.72. The van der Waals surface area contributed by atoms with Gasteiger partial charge in [0.15, 0.2) is 0 Å². The summed E-state index contributed by atoms with van der Waals surface area (Å²) in [7, 11) is 1.87. The molecule has 1 N–H and O–H groups in total. The molecule has 0 aliphatic heterocycles. The molecule has 2 heteroatoms. The van der Waals surface area contributed by atoms with Crippen LogP contribution in [0, 0.1) is 0 Å². The molecule has 0 aromatic heterocycles. The quantitative estimate of drug-likeness (QED) is 0.341. The fraction of sp³-hybridized carbons (Fsp3) is 1.00. The van der Waals surface area contributed by atoms with Crippen molar-refractivity contribution in [2.24, 2.45) is 0 Å². The molecule has 1 atom stereocenters. The van der Waals surface area contributed by atoms with Gasteiger partial charge in [0.25, 0.3) is 0 Å². The highest BCUT2D eigenvalue weighted by molar-refractivity contribution is 4.59. The Morgan fingerprint density at radius 2 is 1.10 bits per heavy atom. The third kappa shape index (κ3) is 16.1. The zero-order valence-electron chi connectivity index (χ0n) is 14.7. The van der Waals surface area contributed by atoms with Crippen molar-refractivity contribution < 1.29 is 9.84 Å². The summed E-state index contributed by atoms with van der Waals surface area (Å²) in [6.07, 6.45) is 20.0. The van der Waals surface area contributed by atoms with E-state index >= 15 is 0 Å². The highest BCUT2D eigenvalue weighted by Gasteiger charge is 2.06. The minimum Gasteiger partial charge on any atom is -0.396 e. The van der Waals surface area contributed by atoms with E-state index in [1.54, 1.807) is 0 Å². The summed E-state index contributed by atoms with van der Waals surface area (Å²) in [5, 5.41) is 8.72. The van der Waals surface area contributed by atoms with E-state index < -0.39 is 0 Å². The van der Waals surface area contributed by atoms with Crippen molar-refractivity contribution >= 4 is 0 Å². The first-order chi connectivity index (χ1) is 10.3. The topological polar surface area (TPSA) is 29.5 Å². The second-order valence-electron chi connectivity index (χ2n) is 6.40. The van der Waals surface area contributed by atoms with Crippen molar-refractivity contribution in [1.82, 2.24) is 0 Å². The fourth-order valence-electron chi connectivity index (χ4n) is 2.90. The molecule has 128 valence electrons. The lowest BCUT2D eigenvalue weighted by Crippen LogP contribution is -2.10. The Hall–Kier alpha value is -0.0800. The van der Waals surface area contributed by atoms with Crippen molar-refractivity contribution in [3.63, 3.8) is 0 Å². The van der Waals surface area contributed by atoms with Crippen molar-refractivity contribution in [1.29, 1.82) is 0 Å². The Bertz CT molecular complexity index is 164. The average molecular weight is 301 g/mol. The zero-order chi connectivity index (χ0) is 15.6. The average Bonchev–Trinajstić information content (AvgIpc) is 2.51. The lowest BCUT2D eigenvalue weighted by Gasteiger charge is -2.15. The summed E-state index contributed by atoms with van der Waals surface area (Å²) in [4.78, 5) is 0. The van der Waals surface area contributed by atoms with Gasteiger partial charge in [-0.1, -0.05) is 84.0 Å². The van der Waals surface area contributed by atoms with Crippen LogP contribution in [0.25, 0.3) is 0 Å². The van der Waals surface area contributed by atoms with E-state index in [1.165, 1.54) is 89.9 Å². The highest BCUT2D eigenvalue weighted by atomic mass is 16.5. The molecule has 0 fully saturated rings. The smallest absolute Gasteiger partial charge is 0.0571 e. The SMILES string of the molecule is CCCCCCCCCC(CCCCCCCCO)OC. The molecule has 0 saturated heterocycles. The van der Waals surface area contributed by atoms with E-state index in [0.717, 1.165) is 6.42 Å². The van der Waals surface area contributed by atoms with Gasteiger partial charge in [0.2, 0.25) is 0 Å². The van der Waals surface area contributed by atoms with Gasteiger partial charge in [0.05, 0.1) is 6.10 Å². The molecular formula is C19H40O2. The van der Waals surface area contributed by atoms with E-state index in [-0.39, 0.29) is 0 Å². The zero-order valence-corrected chi connectivity index (χ0v) is 14.7. The number of unbranched alkanes of at least 4 members (excludes halogenated alkanes) is 11. The third-order valence-corrected chi connectivity index (χ3v) is 4.40. The molecule has 0 aliphatic rings. The van der Waals surface area contributed by atoms with Gasteiger partial charge in [-0.25, -0.2) is 0 Å². The summed E-state index contributed by atoms with van der Waals surface area (Å²) >= 11 is 0. The van der Waals surface area contributed by atoms with Crippen LogP contribution in [-0.2, 0) is 4.74 Å². The number of aliphatic hydroxyl groups excluding tert-OH is 1. The Morgan fingerprint density at radius 1 is 0.667 bits per heavy atom. The predicted molar refractivity (Wildman–Crippen MR) is 92.8 cm³/mol. The molecular weight excluding hydrogens is 260 g/mol. The molecule has 0 heterocycles. The van der Waals surface area contributed by atoms with Crippen LogP contribution in [0.2, 0.25) is 0 Å². The van der Waals surface area contributed by atoms with Crippen LogP contribution in [0.5, 0.6) is 0 Å². The minimum absolute atomic E-state index is 0.351. The Balaban J connectivity index is 3.29. The van der Waals surface area contributed by atoms with E-state index in [1.807, 2.05) is 7.11 Å². The Morgan fingerprint density at radius 3 is 1.52 bits per heavy atom. The van der Waals surface area contributed by atoms with Crippen LogP contribution >= 0.6 is 0 Å². The maximum atomic E-state index is 8.72. The summed E-state index contributed by atoms with van der Waals surface area (Å²) in [5.41, 5.74) is 0. The van der Waals surface area contributed by atoms with E-state index in [2.05, 4.69) is 6.92 Å². The predicted octanol–water partition coefficient (Wildman–Crippen LogP) is 5.87. The first-order valence-corrected chi connectivity index (χ1v) is 9.48. The highest BCUT2D eigenvalue weighted by Crippen LogP contribution is 2.16. The molecule has 0 radical (unpaired) electrons. The lowest BCUT2D eigenvalue weighted by molar-refractivity contribution is 0.0831. The fourth-order valence-corrected chi connectivity index (χ4v) is 2.90. The van der Waals surface area contributed by atoms with E-state index in [0.29, 0.717) is 12.7 Å². The first-order valence-electron chi connectivity index (χ1n) is 9.48. The molecule has 0 amide bonds. The summed E-state index contributed by atoms with van der Waals surface area (Å²) in [6.45, 7) is 2.63. The molecule has 0 aromatic carbocycles. The minimum atomic E-state index is 0.351. The van der Waals surface area contributed by atoms with Crippen molar-refractivity contribution in [2.75, 3.05) is 13.7 Å². The molecule has 0 rings (SSSR count). The molecule has 0 spiro atoms. The van der Waals surface area contributed by atoms with Crippen LogP contribution in [0.3, 0.4) is 0 Å². The summed E-state index contributed by atoms with van der Waals surface area (Å²) in [5.74, 6) is 0. The van der Waals surface area contributed by atoms with Gasteiger partial charge < -0.3 is 9.84 Å². The van der Waals surface area contributed by atoms with Crippen molar-refractivity contribution in [2.45, 2.75) is 109 Å². The Labute approximate surface area is 133 Å². The second-order valence-corrected chi connectivity index (χ2v) is 6.40. The van der Waals surface area contributed by atoms with Crippen LogP contribution < -0.4 is 0 Å². The Kier molecular flexibility index (Phi) is 17.9. The van der Waals surface area contributed by atoms with Crippen molar-refractivity contribution in [3.8, 4) is 0 Å². The van der Waals surface area contributed by atoms with Gasteiger partial charge in [-0.2, -0.15) is 0 Å². The van der Waals surface area contributed by atoms with E-state index in [4.69, 9.17) is 9.84 Å². The molecule has 2 nitrogen and oxygen atoms in total. The van der Waals surface area contributed by atoms with Crippen LogP contribution in [0.15, 0.2) is 0 Å². The molecule has 21 heavy (non-hydrogen) atoms. The molecule has 0 saturated carbocycles. The monoisotopic (exact) mass is 300 g/mol. The first kappa shape index (κ1) is 20.9. The number of ether oxygens (including phenoxy) is 1. The summed E-state index contributed by atoms with van der Waals surface area (Å²) in [6, 6.07) is 0. The van der Waals surface area contributed by atoms with Crippen LogP contribution in [0.4, 0.5) is 0 Å². The molecule has 1 unspecified atom stereocenters. The van der Waals surface area contributed by atoms with Crippen molar-refractivity contribution in [3.05, 3.63) is 0 Å². The van der Waals surface area contributed by atoms with Gasteiger partial charge in [0.1, 0.15) is 0 Å². The molecule has 0 aromatic rings. The molecule has 0 bridgehead atoms. The van der Waals surface area contributed by atoms with Gasteiger partial charge in [0, 0.05) is 13.7 Å². The second kappa shape index (κ2) is 18.0. The van der Waals surface area contributed by atoms with E-state index in [9.17, 15) is 0 Å². The van der Waals surface area contributed by atoms with Crippen LogP contribution in [0.1, 0.15) is 103 Å². The number of rotatable bonds is 17. The standard InChI is InChI=1S/C19H40O2/c1-3-4-5-6-7-10-13-16-19(21-2)17-14-11-8-9-12-15-18-20/h19-20H,3-18H2,1-2H3. The van der Waals surface area contributed by atoms with Crippen LogP contribution in [-0.4, -0.2) is 24.9 Å². The van der Waals surface area contributed by atoms with Gasteiger partial charge >= 0.3 is 0 Å².